The number of halogens is 1. The van der Waals surface area contributed by atoms with Crippen molar-refractivity contribution in [1.82, 2.24) is 4.90 Å². The number of benzene rings is 1. The van der Waals surface area contributed by atoms with Gasteiger partial charge in [-0.15, -0.1) is 0 Å². The second-order valence-corrected chi connectivity index (χ2v) is 4.07. The highest BCUT2D eigenvalue weighted by molar-refractivity contribution is 5.96. The molecule has 1 N–H and O–H groups in total. The van der Waals surface area contributed by atoms with E-state index in [1.165, 1.54) is 31.2 Å². The average molecular weight is 269 g/mol. The van der Waals surface area contributed by atoms with Gasteiger partial charge in [-0.1, -0.05) is 0 Å². The van der Waals surface area contributed by atoms with E-state index < -0.39 is 17.7 Å². The highest BCUT2D eigenvalue weighted by Crippen LogP contribution is 2.20. The highest BCUT2D eigenvalue weighted by atomic mass is 19.1. The zero-order chi connectivity index (χ0) is 14.4. The molecule has 5 nitrogen and oxygen atoms in total. The van der Waals surface area contributed by atoms with E-state index in [2.05, 4.69) is 0 Å². The van der Waals surface area contributed by atoms with Gasteiger partial charge in [0.25, 0.3) is 5.91 Å². The highest BCUT2D eigenvalue weighted by Gasteiger charge is 2.17. The largest absolute Gasteiger partial charge is 0.496 e. The lowest BCUT2D eigenvalue weighted by atomic mass is 10.1. The van der Waals surface area contributed by atoms with Crippen molar-refractivity contribution >= 4 is 11.9 Å². The minimum atomic E-state index is -0.913. The third-order valence-electron chi connectivity index (χ3n) is 2.62. The number of hydrogen-bond acceptors (Lipinski definition) is 3. The fourth-order valence-corrected chi connectivity index (χ4v) is 1.62. The summed E-state index contributed by atoms with van der Waals surface area (Å²) in [6, 6.07) is 3.70. The van der Waals surface area contributed by atoms with Gasteiger partial charge in [-0.2, -0.15) is 0 Å². The normalized spacial score (nSPS) is 10.1. The van der Waals surface area contributed by atoms with Gasteiger partial charge in [0.05, 0.1) is 12.7 Å². The third kappa shape index (κ3) is 4.24. The Hall–Kier alpha value is -2.11. The number of carboxylic acids is 1. The molecule has 0 heterocycles. The predicted molar refractivity (Wildman–Crippen MR) is 66.8 cm³/mol. The molecule has 0 fully saturated rings. The van der Waals surface area contributed by atoms with Crippen LogP contribution in [0, 0.1) is 5.82 Å². The molecule has 0 radical (unpaired) electrons. The van der Waals surface area contributed by atoms with E-state index in [1.807, 2.05) is 0 Å². The van der Waals surface area contributed by atoms with Gasteiger partial charge >= 0.3 is 5.97 Å². The molecule has 0 bridgehead atoms. The van der Waals surface area contributed by atoms with Crippen LogP contribution in [0.2, 0.25) is 0 Å². The summed E-state index contributed by atoms with van der Waals surface area (Å²) in [4.78, 5) is 23.8. The molecule has 0 aliphatic rings. The third-order valence-corrected chi connectivity index (χ3v) is 2.62. The Balaban J connectivity index is 2.76. The van der Waals surface area contributed by atoms with Gasteiger partial charge in [-0.3, -0.25) is 9.59 Å². The molecule has 1 aromatic rings. The van der Waals surface area contributed by atoms with Crippen molar-refractivity contribution in [3.05, 3.63) is 29.6 Å². The molecule has 6 heteroatoms. The first-order valence-electron chi connectivity index (χ1n) is 5.76. The van der Waals surface area contributed by atoms with Crippen LogP contribution in [0.4, 0.5) is 4.39 Å². The van der Waals surface area contributed by atoms with Crippen molar-refractivity contribution in [3.63, 3.8) is 0 Å². The maximum Gasteiger partial charge on any atom is 0.303 e. The zero-order valence-electron chi connectivity index (χ0n) is 10.9. The van der Waals surface area contributed by atoms with Crippen LogP contribution in [0.5, 0.6) is 5.75 Å². The van der Waals surface area contributed by atoms with E-state index in [9.17, 15) is 14.0 Å². The maximum atomic E-state index is 13.2. The van der Waals surface area contributed by atoms with Gasteiger partial charge in [0, 0.05) is 20.0 Å². The van der Waals surface area contributed by atoms with Crippen molar-refractivity contribution in [2.24, 2.45) is 0 Å². The van der Waals surface area contributed by atoms with Crippen LogP contribution in [0.3, 0.4) is 0 Å². The van der Waals surface area contributed by atoms with Crippen LogP contribution < -0.4 is 4.74 Å². The number of carbonyl (C=O) groups is 2. The van der Waals surface area contributed by atoms with Crippen LogP contribution >= 0.6 is 0 Å². The van der Waals surface area contributed by atoms with Crippen LogP contribution in [0.1, 0.15) is 23.2 Å². The molecule has 0 atom stereocenters. The molecular weight excluding hydrogens is 253 g/mol. The van der Waals surface area contributed by atoms with Gasteiger partial charge in [-0.25, -0.2) is 4.39 Å². The lowest BCUT2D eigenvalue weighted by molar-refractivity contribution is -0.137. The summed E-state index contributed by atoms with van der Waals surface area (Å²) < 4.78 is 18.2. The summed E-state index contributed by atoms with van der Waals surface area (Å²) in [5.74, 6) is -1.55. The van der Waals surface area contributed by atoms with Crippen molar-refractivity contribution in [3.8, 4) is 5.75 Å². The van der Waals surface area contributed by atoms with Crippen molar-refractivity contribution in [2.75, 3.05) is 20.7 Å². The second-order valence-electron chi connectivity index (χ2n) is 4.07. The molecule has 0 saturated heterocycles. The zero-order valence-corrected chi connectivity index (χ0v) is 10.9. The smallest absolute Gasteiger partial charge is 0.303 e. The number of nitrogens with zero attached hydrogens (tertiary/aromatic N) is 1. The molecule has 1 amide bonds. The number of carbonyl (C=O) groups excluding carboxylic acids is 1. The van der Waals surface area contributed by atoms with Gasteiger partial charge in [0.1, 0.15) is 11.6 Å². The molecule has 0 aromatic heterocycles. The van der Waals surface area contributed by atoms with Crippen LogP contribution in [-0.4, -0.2) is 42.6 Å². The Morgan fingerprint density at radius 1 is 1.42 bits per heavy atom. The first kappa shape index (κ1) is 14.9. The topological polar surface area (TPSA) is 66.8 Å². The van der Waals surface area contributed by atoms with Crippen molar-refractivity contribution in [2.45, 2.75) is 12.8 Å². The minimum absolute atomic E-state index is 0.0160. The summed E-state index contributed by atoms with van der Waals surface area (Å²) in [6.45, 7) is 0.283. The molecule has 0 aliphatic heterocycles. The van der Waals surface area contributed by atoms with Crippen molar-refractivity contribution in [1.29, 1.82) is 0 Å². The number of rotatable bonds is 6. The van der Waals surface area contributed by atoms with Gasteiger partial charge < -0.3 is 14.7 Å². The Morgan fingerprint density at radius 3 is 2.68 bits per heavy atom. The second kappa shape index (κ2) is 6.72. The first-order valence-corrected chi connectivity index (χ1v) is 5.76. The Kier molecular flexibility index (Phi) is 5.29. The average Bonchev–Trinajstić information content (AvgIpc) is 2.37. The van der Waals surface area contributed by atoms with Crippen molar-refractivity contribution < 1.29 is 23.8 Å². The van der Waals surface area contributed by atoms with E-state index >= 15 is 0 Å². The fraction of sp³-hybridized carbons (Fsp3) is 0.385. The Bertz CT molecular complexity index is 476. The summed E-state index contributed by atoms with van der Waals surface area (Å²) in [6.07, 6.45) is 0.326. The Labute approximate surface area is 110 Å². The van der Waals surface area contributed by atoms with Crippen LogP contribution in [0.25, 0.3) is 0 Å². The fourth-order valence-electron chi connectivity index (χ4n) is 1.62. The number of carboxylic acid groups (broad SMARTS) is 1. The molecule has 1 rings (SSSR count). The van der Waals surface area contributed by atoms with E-state index in [0.29, 0.717) is 6.42 Å². The summed E-state index contributed by atoms with van der Waals surface area (Å²) >= 11 is 0. The molecule has 0 spiro atoms. The quantitative estimate of drug-likeness (QED) is 0.854. The summed E-state index contributed by atoms with van der Waals surface area (Å²) in [7, 11) is 2.93. The monoisotopic (exact) mass is 269 g/mol. The predicted octanol–water partition coefficient (Wildman–Crippen LogP) is 1.77. The number of amides is 1. The maximum absolute atomic E-state index is 13.2. The van der Waals surface area contributed by atoms with Crippen LogP contribution in [0.15, 0.2) is 18.2 Å². The SMILES string of the molecule is COc1ccc(F)cc1C(=O)N(C)CCCC(=O)O. The molecule has 19 heavy (non-hydrogen) atoms. The number of ether oxygens (including phenoxy) is 1. The summed E-state index contributed by atoms with van der Waals surface area (Å²) in [5.41, 5.74) is 0.125. The molecule has 0 aliphatic carbocycles. The van der Waals surface area contributed by atoms with Gasteiger partial charge in [0.15, 0.2) is 0 Å². The van der Waals surface area contributed by atoms with E-state index in [4.69, 9.17) is 9.84 Å². The van der Waals surface area contributed by atoms with E-state index in [1.54, 1.807) is 0 Å². The lowest BCUT2D eigenvalue weighted by Crippen LogP contribution is -2.28. The van der Waals surface area contributed by atoms with Gasteiger partial charge in [0.2, 0.25) is 0 Å². The van der Waals surface area contributed by atoms with E-state index in [0.717, 1.165) is 6.07 Å². The Morgan fingerprint density at radius 2 is 2.11 bits per heavy atom. The number of hydrogen-bond donors (Lipinski definition) is 1. The first-order chi connectivity index (χ1) is 8.95. The number of aliphatic carboxylic acids is 1. The standard InChI is InChI=1S/C13H16FNO4/c1-15(7-3-4-12(16)17)13(18)10-8-9(14)5-6-11(10)19-2/h5-6,8H,3-4,7H2,1-2H3,(H,16,17). The molecule has 0 unspecified atom stereocenters. The lowest BCUT2D eigenvalue weighted by Gasteiger charge is -2.18. The molecule has 1 aromatic carbocycles. The number of methoxy groups -OCH3 is 1. The molecule has 104 valence electrons. The van der Waals surface area contributed by atoms with Gasteiger partial charge in [-0.05, 0) is 24.6 Å². The minimum Gasteiger partial charge on any atom is -0.496 e. The molecular formula is C13H16FNO4. The summed E-state index contributed by atoms with van der Waals surface area (Å²) in [5, 5.41) is 8.53. The molecule has 0 saturated carbocycles. The van der Waals surface area contributed by atoms with E-state index in [-0.39, 0.29) is 24.3 Å². The van der Waals surface area contributed by atoms with Crippen LogP contribution in [-0.2, 0) is 4.79 Å².